The van der Waals surface area contributed by atoms with E-state index >= 15 is 0 Å². The van der Waals surface area contributed by atoms with Crippen LogP contribution in [-0.2, 0) is 0 Å². The molecule has 0 saturated carbocycles. The number of hydrogen-bond donors (Lipinski definition) is 0. The van der Waals surface area contributed by atoms with Crippen LogP contribution in [0.25, 0.3) is 0 Å². The van der Waals surface area contributed by atoms with E-state index in [4.69, 9.17) is 23.2 Å². The predicted molar refractivity (Wildman–Crippen MR) is 95.5 cm³/mol. The van der Waals surface area contributed by atoms with Crippen LogP contribution < -0.4 is 4.90 Å². The molecule has 2 aromatic rings. The number of hydrogen-bond acceptors (Lipinski definition) is 3. The number of aryl methyl sites for hydroxylation is 1. The molecule has 5 heteroatoms. The van der Waals surface area contributed by atoms with E-state index in [0.29, 0.717) is 11.8 Å². The van der Waals surface area contributed by atoms with E-state index in [-0.39, 0.29) is 0 Å². The topological polar surface area (TPSA) is 28.0 Å². The first-order valence-corrected chi connectivity index (χ1v) is 8.26. The summed E-state index contributed by atoms with van der Waals surface area (Å²) in [5, 5.41) is 8.58. The fourth-order valence-corrected chi connectivity index (χ4v) is 2.54. The fourth-order valence-electron chi connectivity index (χ4n) is 2.13. The van der Waals surface area contributed by atoms with Gasteiger partial charge in [-0.2, -0.15) is 10.2 Å². The van der Waals surface area contributed by atoms with Gasteiger partial charge in [0.2, 0.25) is 0 Å². The number of benzene rings is 2. The molecule has 0 radical (unpaired) electrons. The first kappa shape index (κ1) is 16.8. The molecule has 0 bridgehead atoms. The van der Waals surface area contributed by atoms with Crippen LogP contribution in [0.1, 0.15) is 5.56 Å². The van der Waals surface area contributed by atoms with Gasteiger partial charge in [-0.05, 0) is 42.8 Å². The molecule has 0 atom stereocenters. The lowest BCUT2D eigenvalue weighted by molar-refractivity contribution is 0.873. The van der Waals surface area contributed by atoms with Gasteiger partial charge in [0.25, 0.3) is 0 Å². The Labute approximate surface area is 141 Å². The standard InChI is InChI=1S/C17H19Cl2N3/c1-14-13-16(22(11-9-18)12-10-19)7-8-17(14)21-20-15-5-3-2-4-6-15/h2-8,13H,9-12H2,1H3. The normalized spacial score (nSPS) is 11.0. The maximum atomic E-state index is 5.85. The third-order valence-electron chi connectivity index (χ3n) is 3.28. The predicted octanol–water partition coefficient (Wildman–Crippen LogP) is 5.69. The van der Waals surface area contributed by atoms with Crippen molar-refractivity contribution in [3.8, 4) is 0 Å². The van der Waals surface area contributed by atoms with Crippen molar-refractivity contribution in [3.05, 3.63) is 54.1 Å². The van der Waals surface area contributed by atoms with E-state index in [1.807, 2.05) is 49.4 Å². The summed E-state index contributed by atoms with van der Waals surface area (Å²) in [7, 11) is 0. The zero-order valence-corrected chi connectivity index (χ0v) is 14.1. The Morgan fingerprint density at radius 3 is 2.18 bits per heavy atom. The molecule has 0 fully saturated rings. The molecule has 116 valence electrons. The van der Waals surface area contributed by atoms with Gasteiger partial charge in [-0.3, -0.25) is 0 Å². The average Bonchev–Trinajstić information content (AvgIpc) is 2.54. The minimum absolute atomic E-state index is 0.575. The Hall–Kier alpha value is -1.58. The summed E-state index contributed by atoms with van der Waals surface area (Å²) < 4.78 is 0. The van der Waals surface area contributed by atoms with Crippen molar-refractivity contribution in [1.82, 2.24) is 0 Å². The van der Waals surface area contributed by atoms with Crippen LogP contribution in [0.4, 0.5) is 17.1 Å². The summed E-state index contributed by atoms with van der Waals surface area (Å²) in [6, 6.07) is 15.8. The lowest BCUT2D eigenvalue weighted by atomic mass is 10.1. The maximum Gasteiger partial charge on any atom is 0.0887 e. The van der Waals surface area contributed by atoms with Crippen LogP contribution in [-0.4, -0.2) is 24.8 Å². The Morgan fingerprint density at radius 1 is 0.909 bits per heavy atom. The third kappa shape index (κ3) is 4.72. The molecule has 2 rings (SSSR count). The molecule has 0 aliphatic rings. The minimum Gasteiger partial charge on any atom is -0.369 e. The minimum atomic E-state index is 0.575. The van der Waals surface area contributed by atoms with E-state index in [1.165, 1.54) is 0 Å². The molecular weight excluding hydrogens is 317 g/mol. The average molecular weight is 336 g/mol. The van der Waals surface area contributed by atoms with Crippen LogP contribution in [0.5, 0.6) is 0 Å². The third-order valence-corrected chi connectivity index (χ3v) is 3.62. The Balaban J connectivity index is 2.17. The summed E-state index contributed by atoms with van der Waals surface area (Å²) in [6.07, 6.45) is 0. The molecule has 0 aliphatic carbocycles. The van der Waals surface area contributed by atoms with E-state index < -0.39 is 0 Å². The molecule has 0 aliphatic heterocycles. The summed E-state index contributed by atoms with van der Waals surface area (Å²) in [6.45, 7) is 3.58. The number of alkyl halides is 2. The van der Waals surface area contributed by atoms with Crippen molar-refractivity contribution in [1.29, 1.82) is 0 Å². The second-order valence-corrected chi connectivity index (χ2v) is 5.63. The second-order valence-electron chi connectivity index (χ2n) is 4.87. The molecular formula is C17H19Cl2N3. The van der Waals surface area contributed by atoms with Crippen molar-refractivity contribution in [2.45, 2.75) is 6.92 Å². The van der Waals surface area contributed by atoms with Gasteiger partial charge < -0.3 is 4.90 Å². The van der Waals surface area contributed by atoms with Gasteiger partial charge in [0.1, 0.15) is 0 Å². The summed E-state index contributed by atoms with van der Waals surface area (Å²) in [5.74, 6) is 1.15. The molecule has 2 aromatic carbocycles. The van der Waals surface area contributed by atoms with Crippen molar-refractivity contribution < 1.29 is 0 Å². The Bertz CT molecular complexity index is 609. The van der Waals surface area contributed by atoms with Gasteiger partial charge in [0, 0.05) is 30.5 Å². The van der Waals surface area contributed by atoms with E-state index in [2.05, 4.69) is 21.2 Å². The first-order valence-electron chi connectivity index (χ1n) is 7.19. The highest BCUT2D eigenvalue weighted by Crippen LogP contribution is 2.26. The molecule has 0 amide bonds. The summed E-state index contributed by atoms with van der Waals surface area (Å²) in [5.41, 5.74) is 3.89. The van der Waals surface area contributed by atoms with Gasteiger partial charge >= 0.3 is 0 Å². The summed E-state index contributed by atoms with van der Waals surface area (Å²) in [4.78, 5) is 2.17. The van der Waals surface area contributed by atoms with Crippen LogP contribution in [0.3, 0.4) is 0 Å². The molecule has 0 unspecified atom stereocenters. The van der Waals surface area contributed by atoms with Crippen molar-refractivity contribution in [2.24, 2.45) is 10.2 Å². The SMILES string of the molecule is Cc1cc(N(CCCl)CCCl)ccc1N=Nc1ccccc1. The molecule has 3 nitrogen and oxygen atoms in total. The molecule has 0 heterocycles. The zero-order chi connectivity index (χ0) is 15.8. The lowest BCUT2D eigenvalue weighted by Gasteiger charge is -2.23. The number of rotatable bonds is 7. The lowest BCUT2D eigenvalue weighted by Crippen LogP contribution is -2.27. The molecule has 0 spiro atoms. The quantitative estimate of drug-likeness (QED) is 0.471. The van der Waals surface area contributed by atoms with Crippen LogP contribution >= 0.6 is 23.2 Å². The highest BCUT2D eigenvalue weighted by molar-refractivity contribution is 6.18. The van der Waals surface area contributed by atoms with E-state index in [0.717, 1.165) is 35.7 Å². The molecule has 0 saturated heterocycles. The van der Waals surface area contributed by atoms with Crippen molar-refractivity contribution in [3.63, 3.8) is 0 Å². The molecule has 0 N–H and O–H groups in total. The fraction of sp³-hybridized carbons (Fsp3) is 0.294. The maximum absolute atomic E-state index is 5.85. The van der Waals surface area contributed by atoms with Crippen molar-refractivity contribution in [2.75, 3.05) is 29.7 Å². The number of azo groups is 1. The number of halogens is 2. The van der Waals surface area contributed by atoms with Crippen molar-refractivity contribution >= 4 is 40.3 Å². The monoisotopic (exact) mass is 335 g/mol. The number of nitrogens with zero attached hydrogens (tertiary/aromatic N) is 3. The van der Waals surface area contributed by atoms with E-state index in [9.17, 15) is 0 Å². The molecule has 0 aromatic heterocycles. The summed E-state index contributed by atoms with van der Waals surface area (Å²) >= 11 is 11.7. The second kappa shape index (κ2) is 8.76. The van der Waals surface area contributed by atoms with E-state index in [1.54, 1.807) is 0 Å². The smallest absolute Gasteiger partial charge is 0.0887 e. The Morgan fingerprint density at radius 2 is 1.59 bits per heavy atom. The largest absolute Gasteiger partial charge is 0.369 e. The van der Waals surface area contributed by atoms with Gasteiger partial charge in [-0.1, -0.05) is 18.2 Å². The van der Waals surface area contributed by atoms with Gasteiger partial charge in [-0.25, -0.2) is 0 Å². The highest BCUT2D eigenvalue weighted by atomic mass is 35.5. The Kier molecular flexibility index (Phi) is 6.69. The number of anilines is 1. The zero-order valence-electron chi connectivity index (χ0n) is 12.5. The van der Waals surface area contributed by atoms with Crippen LogP contribution in [0.2, 0.25) is 0 Å². The van der Waals surface area contributed by atoms with Crippen LogP contribution in [0.15, 0.2) is 58.8 Å². The van der Waals surface area contributed by atoms with Gasteiger partial charge in [0.05, 0.1) is 11.4 Å². The van der Waals surface area contributed by atoms with Crippen LogP contribution in [0, 0.1) is 6.92 Å². The first-order chi connectivity index (χ1) is 10.7. The van der Waals surface area contributed by atoms with Gasteiger partial charge in [-0.15, -0.1) is 23.2 Å². The highest BCUT2D eigenvalue weighted by Gasteiger charge is 2.07. The van der Waals surface area contributed by atoms with Gasteiger partial charge in [0.15, 0.2) is 0 Å². The molecule has 22 heavy (non-hydrogen) atoms.